The minimum Gasteiger partial charge on any atom is -0.493 e. The molecule has 0 atom stereocenters. The van der Waals surface area contributed by atoms with E-state index in [4.69, 9.17) is 37.4 Å². The van der Waals surface area contributed by atoms with Crippen molar-refractivity contribution in [1.29, 1.82) is 0 Å². The molecule has 1 heterocycles. The molecule has 0 saturated carbocycles. The molecule has 1 aromatic heterocycles. The number of halogens is 2. The average Bonchev–Trinajstić information content (AvgIpc) is 2.82. The molecule has 2 N–H and O–H groups in total. The van der Waals surface area contributed by atoms with Crippen LogP contribution in [0, 0.1) is 0 Å². The fourth-order valence-electron chi connectivity index (χ4n) is 3.15. The highest BCUT2D eigenvalue weighted by molar-refractivity contribution is 6.35. The van der Waals surface area contributed by atoms with Crippen LogP contribution in [-0.2, 0) is 0 Å². The van der Waals surface area contributed by atoms with Gasteiger partial charge in [-0.3, -0.25) is 4.98 Å². The highest BCUT2D eigenvalue weighted by Gasteiger charge is 2.12. The molecule has 4 rings (SSSR count). The first-order valence-electron chi connectivity index (χ1n) is 9.78. The zero-order valence-corrected chi connectivity index (χ0v) is 19.2. The van der Waals surface area contributed by atoms with E-state index in [1.54, 1.807) is 75.0 Å². The van der Waals surface area contributed by atoms with Gasteiger partial charge in [0.1, 0.15) is 11.5 Å². The number of carbonyl (C=O) groups is 1. The second kappa shape index (κ2) is 9.85. The monoisotopic (exact) mass is 483 g/mol. The van der Waals surface area contributed by atoms with E-state index >= 15 is 0 Å². The van der Waals surface area contributed by atoms with Crippen LogP contribution >= 0.6 is 23.2 Å². The Bertz CT molecular complexity index is 1310. The maximum atomic E-state index is 12.3. The van der Waals surface area contributed by atoms with Gasteiger partial charge in [-0.15, -0.1) is 0 Å². The number of hydrogen-bond donors (Lipinski definition) is 2. The lowest BCUT2D eigenvalue weighted by Gasteiger charge is -2.13. The number of ether oxygens (including phenoxy) is 3. The molecular formula is C24H19Cl2N3O4. The third-order valence-electron chi connectivity index (χ3n) is 4.72. The van der Waals surface area contributed by atoms with Gasteiger partial charge in [-0.2, -0.15) is 0 Å². The summed E-state index contributed by atoms with van der Waals surface area (Å²) in [5, 5.41) is 7.03. The zero-order chi connectivity index (χ0) is 23.4. The number of anilines is 2. The molecular weight excluding hydrogens is 465 g/mol. The van der Waals surface area contributed by atoms with Crippen LogP contribution in [-0.4, -0.2) is 25.2 Å². The van der Waals surface area contributed by atoms with Crippen LogP contribution in [0.3, 0.4) is 0 Å². The van der Waals surface area contributed by atoms with E-state index in [-0.39, 0.29) is 0 Å². The van der Waals surface area contributed by atoms with E-state index in [0.29, 0.717) is 49.9 Å². The number of aromatic nitrogens is 1. The van der Waals surface area contributed by atoms with Gasteiger partial charge in [-0.25, -0.2) is 4.79 Å². The number of methoxy groups -OCH3 is 2. The van der Waals surface area contributed by atoms with Crippen LogP contribution in [0.25, 0.3) is 10.9 Å². The van der Waals surface area contributed by atoms with Gasteiger partial charge in [0.05, 0.1) is 30.4 Å². The molecule has 0 radical (unpaired) electrons. The summed E-state index contributed by atoms with van der Waals surface area (Å²) < 4.78 is 16.8. The SMILES string of the molecule is COc1cc2nccc(Oc3ccc(NC(=O)Nc4cc(Cl)ccc4Cl)cc3)c2cc1OC. The number of benzene rings is 3. The molecule has 0 unspecified atom stereocenters. The predicted octanol–water partition coefficient (Wildman–Crippen LogP) is 7.00. The smallest absolute Gasteiger partial charge is 0.323 e. The summed E-state index contributed by atoms with van der Waals surface area (Å²) >= 11 is 12.0. The first kappa shape index (κ1) is 22.5. The molecule has 9 heteroatoms. The second-order valence-corrected chi connectivity index (χ2v) is 7.71. The maximum absolute atomic E-state index is 12.3. The number of pyridine rings is 1. The molecule has 0 fully saturated rings. The molecule has 33 heavy (non-hydrogen) atoms. The van der Waals surface area contributed by atoms with Crippen molar-refractivity contribution in [3.8, 4) is 23.0 Å². The summed E-state index contributed by atoms with van der Waals surface area (Å²) in [6.45, 7) is 0. The summed E-state index contributed by atoms with van der Waals surface area (Å²) in [6.07, 6.45) is 1.66. The number of amides is 2. The molecule has 0 aliphatic rings. The molecule has 4 aromatic rings. The molecule has 0 spiro atoms. The number of nitrogens with zero attached hydrogens (tertiary/aromatic N) is 1. The van der Waals surface area contributed by atoms with E-state index in [1.807, 2.05) is 6.07 Å². The molecule has 0 aliphatic carbocycles. The third kappa shape index (κ3) is 5.22. The summed E-state index contributed by atoms with van der Waals surface area (Å²) in [7, 11) is 3.15. The van der Waals surface area contributed by atoms with Crippen LogP contribution in [0.5, 0.6) is 23.0 Å². The second-order valence-electron chi connectivity index (χ2n) is 6.86. The number of carbonyl (C=O) groups excluding carboxylic acids is 1. The van der Waals surface area contributed by atoms with Crippen molar-refractivity contribution in [2.75, 3.05) is 24.9 Å². The number of rotatable bonds is 6. The van der Waals surface area contributed by atoms with E-state index in [9.17, 15) is 4.79 Å². The van der Waals surface area contributed by atoms with E-state index in [2.05, 4.69) is 15.6 Å². The van der Waals surface area contributed by atoms with Gasteiger partial charge >= 0.3 is 6.03 Å². The van der Waals surface area contributed by atoms with E-state index in [1.165, 1.54) is 0 Å². The Labute approximate surface area is 200 Å². The maximum Gasteiger partial charge on any atom is 0.323 e. The van der Waals surface area contributed by atoms with Gasteiger partial charge < -0.3 is 24.8 Å². The summed E-state index contributed by atoms with van der Waals surface area (Å²) in [4.78, 5) is 16.7. The molecule has 168 valence electrons. The molecule has 3 aromatic carbocycles. The molecule has 2 amide bonds. The Balaban J connectivity index is 1.48. The van der Waals surface area contributed by atoms with Crippen LogP contribution in [0.2, 0.25) is 10.0 Å². The van der Waals surface area contributed by atoms with Crippen molar-refractivity contribution in [1.82, 2.24) is 4.98 Å². The Morgan fingerprint density at radius 2 is 1.58 bits per heavy atom. The van der Waals surface area contributed by atoms with Crippen LogP contribution in [0.4, 0.5) is 16.2 Å². The summed E-state index contributed by atoms with van der Waals surface area (Å²) in [5.41, 5.74) is 1.70. The highest BCUT2D eigenvalue weighted by atomic mass is 35.5. The number of urea groups is 1. The van der Waals surface area contributed by atoms with Gasteiger partial charge in [0.15, 0.2) is 11.5 Å². The van der Waals surface area contributed by atoms with Gasteiger partial charge in [0.2, 0.25) is 0 Å². The fourth-order valence-corrected chi connectivity index (χ4v) is 3.48. The Hall–Kier alpha value is -3.68. The van der Waals surface area contributed by atoms with E-state index < -0.39 is 6.03 Å². The Kier molecular flexibility index (Phi) is 6.72. The standard InChI is InChI=1S/C24H19Cl2N3O4/c1-31-22-12-17-19(13-23(22)32-2)27-10-9-21(17)33-16-6-4-15(5-7-16)28-24(30)29-20-11-14(25)3-8-18(20)26/h3-13H,1-2H3,(H2,28,29,30). The lowest BCUT2D eigenvalue weighted by atomic mass is 10.2. The summed E-state index contributed by atoms with van der Waals surface area (Å²) in [5.74, 6) is 2.35. The number of hydrogen-bond acceptors (Lipinski definition) is 5. The number of nitrogens with one attached hydrogen (secondary N) is 2. The molecule has 7 nitrogen and oxygen atoms in total. The van der Waals surface area contributed by atoms with Crippen molar-refractivity contribution in [2.24, 2.45) is 0 Å². The number of fused-ring (bicyclic) bond motifs is 1. The van der Waals surface area contributed by atoms with Crippen molar-refractivity contribution >= 4 is 51.5 Å². The minimum absolute atomic E-state index is 0.386. The molecule has 0 bridgehead atoms. The van der Waals surface area contributed by atoms with Gasteiger partial charge in [-0.05, 0) is 54.6 Å². The fraction of sp³-hybridized carbons (Fsp3) is 0.0833. The lowest BCUT2D eigenvalue weighted by Crippen LogP contribution is -2.19. The summed E-state index contributed by atoms with van der Waals surface area (Å²) in [6, 6.07) is 16.7. The largest absolute Gasteiger partial charge is 0.493 e. The van der Waals surface area contributed by atoms with Crippen LogP contribution < -0.4 is 24.8 Å². The lowest BCUT2D eigenvalue weighted by molar-refractivity contribution is 0.262. The Morgan fingerprint density at radius 3 is 2.30 bits per heavy atom. The first-order valence-corrected chi connectivity index (χ1v) is 10.5. The van der Waals surface area contributed by atoms with Crippen molar-refractivity contribution in [3.63, 3.8) is 0 Å². The van der Waals surface area contributed by atoms with E-state index in [0.717, 1.165) is 5.39 Å². The van der Waals surface area contributed by atoms with Crippen LogP contribution in [0.15, 0.2) is 66.9 Å². The topological polar surface area (TPSA) is 81.7 Å². The predicted molar refractivity (Wildman–Crippen MR) is 130 cm³/mol. The normalized spacial score (nSPS) is 10.5. The molecule has 0 saturated heterocycles. The van der Waals surface area contributed by atoms with Gasteiger partial charge in [0, 0.05) is 28.4 Å². The Morgan fingerprint density at radius 1 is 0.848 bits per heavy atom. The van der Waals surface area contributed by atoms with Crippen LogP contribution in [0.1, 0.15) is 0 Å². The van der Waals surface area contributed by atoms with Crippen molar-refractivity contribution < 1.29 is 19.0 Å². The average molecular weight is 484 g/mol. The minimum atomic E-state index is -0.450. The van der Waals surface area contributed by atoms with Gasteiger partial charge in [-0.1, -0.05) is 23.2 Å². The quantitative estimate of drug-likeness (QED) is 0.308. The van der Waals surface area contributed by atoms with Crippen molar-refractivity contribution in [2.45, 2.75) is 0 Å². The first-order chi connectivity index (χ1) is 16.0. The van der Waals surface area contributed by atoms with Gasteiger partial charge in [0.25, 0.3) is 0 Å². The third-order valence-corrected chi connectivity index (χ3v) is 5.29. The highest BCUT2D eigenvalue weighted by Crippen LogP contribution is 2.37. The molecule has 0 aliphatic heterocycles. The zero-order valence-electron chi connectivity index (χ0n) is 17.7. The van der Waals surface area contributed by atoms with Crippen molar-refractivity contribution in [3.05, 3.63) is 76.9 Å².